The van der Waals surface area contributed by atoms with Gasteiger partial charge in [-0.3, -0.25) is 9.10 Å². The number of carbonyl (C=O) groups excluding carboxylic acids is 1. The molecule has 0 saturated carbocycles. The fourth-order valence-electron chi connectivity index (χ4n) is 3.28. The van der Waals surface area contributed by atoms with E-state index in [4.69, 9.17) is 0 Å². The number of anilines is 2. The Morgan fingerprint density at radius 1 is 0.933 bits per heavy atom. The van der Waals surface area contributed by atoms with E-state index in [0.29, 0.717) is 11.3 Å². The van der Waals surface area contributed by atoms with Crippen LogP contribution in [-0.2, 0) is 10.0 Å². The lowest BCUT2D eigenvalue weighted by Crippen LogP contribution is -2.27. The van der Waals surface area contributed by atoms with Gasteiger partial charge in [0, 0.05) is 18.3 Å². The van der Waals surface area contributed by atoms with Crippen LogP contribution in [0.3, 0.4) is 0 Å². The third-order valence-electron chi connectivity index (χ3n) is 5.04. The summed E-state index contributed by atoms with van der Waals surface area (Å²) in [6.07, 6.45) is 0. The van der Waals surface area contributed by atoms with E-state index >= 15 is 0 Å². The summed E-state index contributed by atoms with van der Waals surface area (Å²) >= 11 is 0. The lowest BCUT2D eigenvalue weighted by atomic mass is 10.0. The molecule has 1 amide bonds. The van der Waals surface area contributed by atoms with Crippen molar-refractivity contribution in [2.45, 2.75) is 31.6 Å². The molecule has 0 radical (unpaired) electrons. The first-order valence-corrected chi connectivity index (χ1v) is 11.2. The number of hydrogen-bond donors (Lipinski definition) is 1. The maximum absolute atomic E-state index is 13.0. The van der Waals surface area contributed by atoms with Crippen molar-refractivity contribution in [2.75, 3.05) is 16.7 Å². The van der Waals surface area contributed by atoms with Crippen LogP contribution < -0.4 is 9.62 Å². The van der Waals surface area contributed by atoms with Gasteiger partial charge in [-0.05, 0) is 54.3 Å². The van der Waals surface area contributed by atoms with Crippen LogP contribution in [0.1, 0.15) is 41.3 Å². The monoisotopic (exact) mass is 422 g/mol. The topological polar surface area (TPSA) is 66.5 Å². The number of para-hydroxylation sites is 1. The number of sulfonamides is 1. The third-order valence-corrected chi connectivity index (χ3v) is 6.83. The van der Waals surface area contributed by atoms with Crippen molar-refractivity contribution in [3.8, 4) is 0 Å². The average Bonchev–Trinajstić information content (AvgIpc) is 2.74. The zero-order valence-electron chi connectivity index (χ0n) is 17.6. The quantitative estimate of drug-likeness (QED) is 0.594. The van der Waals surface area contributed by atoms with Gasteiger partial charge in [-0.25, -0.2) is 8.42 Å². The summed E-state index contributed by atoms with van der Waals surface area (Å²) in [5.41, 5.74) is 3.41. The lowest BCUT2D eigenvalue weighted by molar-refractivity contribution is 0.102. The molecule has 0 spiro atoms. The molecule has 1 N–H and O–H groups in total. The molecule has 0 aromatic heterocycles. The predicted molar refractivity (Wildman–Crippen MR) is 122 cm³/mol. The second kappa shape index (κ2) is 8.71. The first kappa shape index (κ1) is 21.6. The molecule has 0 heterocycles. The zero-order valence-corrected chi connectivity index (χ0v) is 18.4. The number of nitrogens with zero attached hydrogens (tertiary/aromatic N) is 1. The van der Waals surface area contributed by atoms with Gasteiger partial charge < -0.3 is 5.32 Å². The van der Waals surface area contributed by atoms with Crippen LogP contribution >= 0.6 is 0 Å². The van der Waals surface area contributed by atoms with Crippen LogP contribution in [0.4, 0.5) is 11.4 Å². The lowest BCUT2D eigenvalue weighted by Gasteiger charge is -2.22. The van der Waals surface area contributed by atoms with Crippen LogP contribution in [0, 0.1) is 6.92 Å². The highest BCUT2D eigenvalue weighted by Gasteiger charge is 2.23. The summed E-state index contributed by atoms with van der Waals surface area (Å²) in [6, 6.07) is 21.0. The summed E-state index contributed by atoms with van der Waals surface area (Å²) in [4.78, 5) is 13.1. The molecule has 156 valence electrons. The van der Waals surface area contributed by atoms with Crippen LogP contribution in [0.25, 0.3) is 0 Å². The van der Waals surface area contributed by atoms with Crippen LogP contribution in [0.15, 0.2) is 77.7 Å². The van der Waals surface area contributed by atoms with E-state index in [9.17, 15) is 13.2 Å². The Hall–Kier alpha value is -3.12. The fraction of sp³-hybridized carbons (Fsp3) is 0.208. The van der Waals surface area contributed by atoms with Gasteiger partial charge in [-0.1, -0.05) is 56.3 Å². The minimum absolute atomic E-state index is 0.201. The molecule has 6 heteroatoms. The standard InChI is InChI=1S/C24H26N2O3S/c1-17(2)21-12-8-9-13-22(21)25-24(27)19-15-14-18(3)23(16-19)26(4)30(28,29)20-10-6-5-7-11-20/h5-17H,1-4H3,(H,25,27). The largest absolute Gasteiger partial charge is 0.322 e. The Balaban J connectivity index is 1.93. The van der Waals surface area contributed by atoms with Crippen molar-refractivity contribution in [2.24, 2.45) is 0 Å². The minimum Gasteiger partial charge on any atom is -0.322 e. The Morgan fingerprint density at radius 3 is 2.23 bits per heavy atom. The van der Waals surface area contributed by atoms with Crippen LogP contribution in [0.5, 0.6) is 0 Å². The Bertz CT molecular complexity index is 1160. The molecule has 0 saturated heterocycles. The average molecular weight is 423 g/mol. The molecule has 30 heavy (non-hydrogen) atoms. The molecule has 0 fully saturated rings. The summed E-state index contributed by atoms with van der Waals surface area (Å²) in [7, 11) is -2.23. The molecule has 0 bridgehead atoms. The van der Waals surface area contributed by atoms with Gasteiger partial charge in [0.2, 0.25) is 0 Å². The molecule has 0 unspecified atom stereocenters. The van der Waals surface area contributed by atoms with Crippen molar-refractivity contribution in [3.63, 3.8) is 0 Å². The third kappa shape index (κ3) is 4.39. The van der Waals surface area contributed by atoms with Crippen molar-refractivity contribution >= 4 is 27.3 Å². The number of nitrogens with one attached hydrogen (secondary N) is 1. The maximum atomic E-state index is 13.0. The normalized spacial score (nSPS) is 11.4. The molecule has 5 nitrogen and oxygen atoms in total. The van der Waals surface area contributed by atoms with Crippen molar-refractivity contribution in [3.05, 3.63) is 89.5 Å². The zero-order chi connectivity index (χ0) is 21.9. The maximum Gasteiger partial charge on any atom is 0.264 e. The second-order valence-corrected chi connectivity index (χ2v) is 9.45. The number of aryl methyl sites for hydroxylation is 1. The van der Waals surface area contributed by atoms with E-state index in [1.165, 1.54) is 11.4 Å². The van der Waals surface area contributed by atoms with Gasteiger partial charge in [0.1, 0.15) is 0 Å². The van der Waals surface area contributed by atoms with E-state index in [1.54, 1.807) is 48.5 Å². The first-order chi connectivity index (χ1) is 14.2. The highest BCUT2D eigenvalue weighted by Crippen LogP contribution is 2.28. The van der Waals surface area contributed by atoms with Crippen molar-refractivity contribution in [1.29, 1.82) is 0 Å². The molecule has 0 atom stereocenters. The summed E-state index contributed by atoms with van der Waals surface area (Å²) in [5, 5.41) is 2.96. The Kier molecular flexibility index (Phi) is 6.27. The molecule has 3 aromatic carbocycles. The van der Waals surface area contributed by atoms with E-state index in [1.807, 2.05) is 31.2 Å². The Morgan fingerprint density at radius 2 is 1.57 bits per heavy atom. The number of hydrogen-bond acceptors (Lipinski definition) is 3. The number of carbonyl (C=O) groups is 1. The molecular formula is C24H26N2O3S. The van der Waals surface area contributed by atoms with Gasteiger partial charge in [-0.2, -0.15) is 0 Å². The number of rotatable bonds is 6. The summed E-state index contributed by atoms with van der Waals surface area (Å²) in [6.45, 7) is 5.96. The molecular weight excluding hydrogens is 396 g/mol. The number of benzene rings is 3. The van der Waals surface area contributed by atoms with Gasteiger partial charge >= 0.3 is 0 Å². The smallest absolute Gasteiger partial charge is 0.264 e. The SMILES string of the molecule is Cc1ccc(C(=O)Nc2ccccc2C(C)C)cc1N(C)S(=O)(=O)c1ccccc1. The van der Waals surface area contributed by atoms with E-state index in [2.05, 4.69) is 19.2 Å². The van der Waals surface area contributed by atoms with E-state index < -0.39 is 10.0 Å². The van der Waals surface area contributed by atoms with E-state index in [0.717, 1.165) is 16.8 Å². The van der Waals surface area contributed by atoms with Gasteiger partial charge in [-0.15, -0.1) is 0 Å². The molecule has 0 aliphatic heterocycles. The molecule has 0 aliphatic rings. The van der Waals surface area contributed by atoms with Crippen molar-refractivity contribution in [1.82, 2.24) is 0 Å². The minimum atomic E-state index is -3.73. The van der Waals surface area contributed by atoms with Gasteiger partial charge in [0.25, 0.3) is 15.9 Å². The molecule has 3 aromatic rings. The number of amides is 1. The Labute approximate surface area is 178 Å². The second-order valence-electron chi connectivity index (χ2n) is 7.48. The van der Waals surface area contributed by atoms with Crippen molar-refractivity contribution < 1.29 is 13.2 Å². The first-order valence-electron chi connectivity index (χ1n) is 9.76. The van der Waals surface area contributed by atoms with Gasteiger partial charge in [0.15, 0.2) is 0 Å². The summed E-state index contributed by atoms with van der Waals surface area (Å²) in [5.74, 6) is -0.0212. The van der Waals surface area contributed by atoms with Crippen LogP contribution in [0.2, 0.25) is 0 Å². The predicted octanol–water partition coefficient (Wildman–Crippen LogP) is 5.20. The highest BCUT2D eigenvalue weighted by molar-refractivity contribution is 7.92. The van der Waals surface area contributed by atoms with Gasteiger partial charge in [0.05, 0.1) is 10.6 Å². The van der Waals surface area contributed by atoms with Crippen LogP contribution in [-0.4, -0.2) is 21.4 Å². The van der Waals surface area contributed by atoms with E-state index in [-0.39, 0.29) is 16.7 Å². The molecule has 3 rings (SSSR count). The highest BCUT2D eigenvalue weighted by atomic mass is 32.2. The summed E-state index contributed by atoms with van der Waals surface area (Å²) < 4.78 is 27.2. The molecule has 0 aliphatic carbocycles. The fourth-order valence-corrected chi connectivity index (χ4v) is 4.55.